The minimum absolute atomic E-state index is 0.0102. The molecule has 0 fully saturated rings. The summed E-state index contributed by atoms with van der Waals surface area (Å²) in [6.45, 7) is 3.77. The lowest BCUT2D eigenvalue weighted by atomic mass is 10.0. The van der Waals surface area contributed by atoms with Gasteiger partial charge < -0.3 is 15.4 Å². The summed E-state index contributed by atoms with van der Waals surface area (Å²) in [7, 11) is 0. The Morgan fingerprint density at radius 2 is 2.20 bits per heavy atom. The van der Waals surface area contributed by atoms with Gasteiger partial charge in [0.1, 0.15) is 5.82 Å². The van der Waals surface area contributed by atoms with Crippen molar-refractivity contribution in [2.75, 3.05) is 6.61 Å². The molecule has 1 aromatic carbocycles. The van der Waals surface area contributed by atoms with Gasteiger partial charge in [-0.3, -0.25) is 4.79 Å². The highest BCUT2D eigenvalue weighted by Crippen LogP contribution is 2.19. The molecule has 2 aromatic rings. The highest BCUT2D eigenvalue weighted by Gasteiger charge is 2.15. The van der Waals surface area contributed by atoms with E-state index in [0.717, 1.165) is 10.9 Å². The number of aromatic amines is 1. The van der Waals surface area contributed by atoms with Crippen LogP contribution in [0.5, 0.6) is 0 Å². The van der Waals surface area contributed by atoms with Crippen molar-refractivity contribution in [2.45, 2.75) is 26.3 Å². The van der Waals surface area contributed by atoms with Gasteiger partial charge in [0, 0.05) is 29.7 Å². The van der Waals surface area contributed by atoms with Crippen molar-refractivity contribution in [3.05, 3.63) is 35.8 Å². The first kappa shape index (κ1) is 14.5. The van der Waals surface area contributed by atoms with Gasteiger partial charge in [0.25, 0.3) is 0 Å². The second kappa shape index (κ2) is 6.05. The third-order valence-electron chi connectivity index (χ3n) is 3.61. The number of rotatable bonds is 5. The normalized spacial score (nSPS) is 14.2. The molecule has 0 aliphatic heterocycles. The molecule has 0 spiro atoms. The van der Waals surface area contributed by atoms with Crippen LogP contribution < -0.4 is 5.32 Å². The maximum atomic E-state index is 13.1. The van der Waals surface area contributed by atoms with Crippen molar-refractivity contribution in [3.8, 4) is 0 Å². The molecule has 20 heavy (non-hydrogen) atoms. The van der Waals surface area contributed by atoms with E-state index in [4.69, 9.17) is 5.11 Å². The van der Waals surface area contributed by atoms with Crippen molar-refractivity contribution in [2.24, 2.45) is 5.92 Å². The molecular formula is C15H19FN2O2. The van der Waals surface area contributed by atoms with E-state index in [1.54, 1.807) is 12.3 Å². The van der Waals surface area contributed by atoms with Crippen LogP contribution in [0, 0.1) is 11.7 Å². The number of aromatic nitrogens is 1. The van der Waals surface area contributed by atoms with E-state index in [0.29, 0.717) is 5.52 Å². The smallest absolute Gasteiger partial charge is 0.224 e. The van der Waals surface area contributed by atoms with Gasteiger partial charge in [-0.1, -0.05) is 6.92 Å². The number of carbonyl (C=O) groups is 1. The van der Waals surface area contributed by atoms with Crippen molar-refractivity contribution < 1.29 is 14.3 Å². The third kappa shape index (κ3) is 3.17. The molecule has 0 saturated heterocycles. The predicted octanol–water partition coefficient (Wildman–Crippen LogP) is 1.98. The fourth-order valence-corrected chi connectivity index (χ4v) is 2.08. The number of halogens is 1. The van der Waals surface area contributed by atoms with E-state index in [1.807, 2.05) is 13.8 Å². The first-order valence-corrected chi connectivity index (χ1v) is 6.67. The van der Waals surface area contributed by atoms with E-state index in [1.165, 1.54) is 12.1 Å². The number of aliphatic hydroxyl groups is 1. The Morgan fingerprint density at radius 1 is 1.45 bits per heavy atom. The van der Waals surface area contributed by atoms with Crippen LogP contribution in [0.3, 0.4) is 0 Å². The lowest BCUT2D eigenvalue weighted by Gasteiger charge is -2.19. The third-order valence-corrected chi connectivity index (χ3v) is 3.61. The Hall–Kier alpha value is -1.88. The molecule has 0 saturated carbocycles. The summed E-state index contributed by atoms with van der Waals surface area (Å²) in [6.07, 6.45) is 1.96. The van der Waals surface area contributed by atoms with E-state index in [9.17, 15) is 9.18 Å². The molecule has 1 amide bonds. The molecule has 108 valence electrons. The second-order valence-electron chi connectivity index (χ2n) is 5.20. The van der Waals surface area contributed by atoms with Gasteiger partial charge in [-0.05, 0) is 36.6 Å². The van der Waals surface area contributed by atoms with Crippen LogP contribution in [0.2, 0.25) is 0 Å². The number of amides is 1. The number of hydrogen-bond acceptors (Lipinski definition) is 2. The highest BCUT2D eigenvalue weighted by atomic mass is 19.1. The van der Waals surface area contributed by atoms with Gasteiger partial charge >= 0.3 is 0 Å². The van der Waals surface area contributed by atoms with Gasteiger partial charge in [0.05, 0.1) is 6.42 Å². The molecule has 2 atom stereocenters. The van der Waals surface area contributed by atoms with Crippen LogP contribution in [0.25, 0.3) is 10.9 Å². The van der Waals surface area contributed by atoms with E-state index < -0.39 is 0 Å². The molecule has 4 nitrogen and oxygen atoms in total. The molecule has 0 aliphatic carbocycles. The molecule has 3 N–H and O–H groups in total. The minimum Gasteiger partial charge on any atom is -0.396 e. The number of benzene rings is 1. The highest BCUT2D eigenvalue weighted by molar-refractivity contribution is 5.89. The summed E-state index contributed by atoms with van der Waals surface area (Å²) >= 11 is 0. The largest absolute Gasteiger partial charge is 0.396 e. The van der Waals surface area contributed by atoms with Gasteiger partial charge in [-0.25, -0.2) is 4.39 Å². The van der Waals surface area contributed by atoms with E-state index in [-0.39, 0.29) is 36.7 Å². The van der Waals surface area contributed by atoms with Crippen LogP contribution >= 0.6 is 0 Å². The number of aliphatic hydroxyl groups excluding tert-OH is 1. The zero-order chi connectivity index (χ0) is 14.7. The Balaban J connectivity index is 2.07. The first-order valence-electron chi connectivity index (χ1n) is 6.67. The molecule has 5 heteroatoms. The number of carbonyl (C=O) groups excluding carboxylic acids is 1. The fraction of sp³-hybridized carbons (Fsp3) is 0.400. The predicted molar refractivity (Wildman–Crippen MR) is 75.8 cm³/mol. The number of H-pyrrole nitrogens is 1. The average Bonchev–Trinajstić information content (AvgIpc) is 2.79. The monoisotopic (exact) mass is 278 g/mol. The van der Waals surface area contributed by atoms with Gasteiger partial charge in [0.2, 0.25) is 5.91 Å². The van der Waals surface area contributed by atoms with Gasteiger partial charge in [-0.15, -0.1) is 0 Å². The van der Waals surface area contributed by atoms with Gasteiger partial charge in [0.15, 0.2) is 0 Å². The van der Waals surface area contributed by atoms with Crippen LogP contribution in [0.4, 0.5) is 4.39 Å². The van der Waals surface area contributed by atoms with Crippen molar-refractivity contribution in [3.63, 3.8) is 0 Å². The summed E-state index contributed by atoms with van der Waals surface area (Å²) in [5, 5.41) is 12.8. The topological polar surface area (TPSA) is 65.1 Å². The minimum atomic E-state index is -0.305. The van der Waals surface area contributed by atoms with Crippen molar-refractivity contribution >= 4 is 16.8 Å². The SMILES string of the molecule is CC(CO)C(C)NC(=O)Cc1c[nH]c2cc(F)ccc12. The molecule has 0 radical (unpaired) electrons. The van der Waals surface area contributed by atoms with Crippen LogP contribution in [-0.2, 0) is 11.2 Å². The Morgan fingerprint density at radius 3 is 2.90 bits per heavy atom. The summed E-state index contributed by atoms with van der Waals surface area (Å²) < 4.78 is 13.1. The summed E-state index contributed by atoms with van der Waals surface area (Å²) in [5.41, 5.74) is 1.52. The number of hydrogen-bond donors (Lipinski definition) is 3. The summed E-state index contributed by atoms with van der Waals surface area (Å²) in [4.78, 5) is 14.9. The second-order valence-corrected chi connectivity index (χ2v) is 5.20. The molecule has 0 bridgehead atoms. The standard InChI is InChI=1S/C15H19FN2O2/c1-9(8-19)10(2)18-15(20)5-11-7-17-14-6-12(16)3-4-13(11)14/h3-4,6-7,9-10,17,19H,5,8H2,1-2H3,(H,18,20). The van der Waals surface area contributed by atoms with Crippen LogP contribution in [-0.4, -0.2) is 28.6 Å². The zero-order valence-electron chi connectivity index (χ0n) is 11.6. The van der Waals surface area contributed by atoms with Crippen molar-refractivity contribution in [1.82, 2.24) is 10.3 Å². The van der Waals surface area contributed by atoms with E-state index in [2.05, 4.69) is 10.3 Å². The lowest BCUT2D eigenvalue weighted by Crippen LogP contribution is -2.39. The average molecular weight is 278 g/mol. The van der Waals surface area contributed by atoms with Crippen molar-refractivity contribution in [1.29, 1.82) is 0 Å². The Kier molecular flexibility index (Phi) is 4.39. The molecule has 1 heterocycles. The molecule has 1 aromatic heterocycles. The zero-order valence-corrected chi connectivity index (χ0v) is 11.6. The summed E-state index contributed by atoms with van der Waals surface area (Å²) in [5.74, 6) is -0.403. The van der Waals surface area contributed by atoms with Gasteiger partial charge in [-0.2, -0.15) is 0 Å². The number of fused-ring (bicyclic) bond motifs is 1. The molecule has 2 unspecified atom stereocenters. The fourth-order valence-electron chi connectivity index (χ4n) is 2.08. The van der Waals surface area contributed by atoms with Crippen LogP contribution in [0.1, 0.15) is 19.4 Å². The molecule has 2 rings (SSSR count). The maximum absolute atomic E-state index is 13.1. The Bertz CT molecular complexity index is 609. The molecule has 0 aliphatic rings. The summed E-state index contributed by atoms with van der Waals surface area (Å²) in [6, 6.07) is 4.38. The lowest BCUT2D eigenvalue weighted by molar-refractivity contribution is -0.121. The Labute approximate surface area is 117 Å². The van der Waals surface area contributed by atoms with Crippen LogP contribution in [0.15, 0.2) is 24.4 Å². The maximum Gasteiger partial charge on any atom is 0.224 e. The van der Waals surface area contributed by atoms with E-state index >= 15 is 0 Å². The molecular weight excluding hydrogens is 259 g/mol. The number of nitrogens with one attached hydrogen (secondary N) is 2. The first-order chi connectivity index (χ1) is 9.51. The quantitative estimate of drug-likeness (QED) is 0.783.